The Morgan fingerprint density at radius 3 is 2.73 bits per heavy atom. The molecule has 0 spiro atoms. The molecule has 0 fully saturated rings. The molecule has 26 heavy (non-hydrogen) atoms. The highest BCUT2D eigenvalue weighted by Crippen LogP contribution is 2.19. The summed E-state index contributed by atoms with van der Waals surface area (Å²) in [6.07, 6.45) is 3.14. The van der Waals surface area contributed by atoms with Gasteiger partial charge in [0.2, 0.25) is 0 Å². The molecule has 0 aliphatic carbocycles. The van der Waals surface area contributed by atoms with Crippen molar-refractivity contribution in [3.63, 3.8) is 0 Å². The van der Waals surface area contributed by atoms with Crippen LogP contribution in [0.3, 0.4) is 0 Å². The summed E-state index contributed by atoms with van der Waals surface area (Å²) < 4.78 is 3.29. The third kappa shape index (κ3) is 2.91. The van der Waals surface area contributed by atoms with Crippen LogP contribution in [0.2, 0.25) is 5.02 Å². The van der Waals surface area contributed by atoms with Gasteiger partial charge in [-0.25, -0.2) is 9.67 Å². The number of rotatable bonds is 3. The van der Waals surface area contributed by atoms with Crippen molar-refractivity contribution in [2.45, 2.75) is 20.4 Å². The molecule has 4 rings (SSSR count). The molecule has 0 saturated carbocycles. The van der Waals surface area contributed by atoms with Crippen LogP contribution in [0.5, 0.6) is 0 Å². The van der Waals surface area contributed by atoms with Gasteiger partial charge >= 0.3 is 0 Å². The molecular weight excluding hydrogens is 348 g/mol. The number of aryl methyl sites for hydroxylation is 2. The fraction of sp³-hybridized carbons (Fsp3) is 0.150. The number of hydrogen-bond acceptors (Lipinski definition) is 3. The first kappa shape index (κ1) is 16.5. The van der Waals surface area contributed by atoms with Gasteiger partial charge in [-0.15, -0.1) is 0 Å². The van der Waals surface area contributed by atoms with E-state index in [2.05, 4.69) is 16.1 Å². The Bertz CT molecular complexity index is 1180. The Balaban J connectivity index is 1.79. The van der Waals surface area contributed by atoms with Crippen LogP contribution in [0, 0.1) is 13.8 Å². The highest BCUT2D eigenvalue weighted by atomic mass is 35.5. The number of halogens is 1. The SMILES string of the molecule is Cc1ccc(-n2ncc3c(=O)n(Cc4cccc(Cl)c4)cnc32)c(C)c1. The van der Waals surface area contributed by atoms with Gasteiger partial charge in [0.1, 0.15) is 11.7 Å². The van der Waals surface area contributed by atoms with Crippen LogP contribution in [0.25, 0.3) is 16.7 Å². The highest BCUT2D eigenvalue weighted by molar-refractivity contribution is 6.30. The Hall–Kier alpha value is -2.92. The van der Waals surface area contributed by atoms with Crippen LogP contribution < -0.4 is 5.56 Å². The molecule has 0 amide bonds. The average Bonchev–Trinajstić information content (AvgIpc) is 3.02. The normalized spacial score (nSPS) is 11.2. The first-order chi connectivity index (χ1) is 12.5. The minimum Gasteiger partial charge on any atom is -0.294 e. The van der Waals surface area contributed by atoms with Gasteiger partial charge in [-0.2, -0.15) is 5.10 Å². The van der Waals surface area contributed by atoms with E-state index in [0.717, 1.165) is 16.8 Å². The molecule has 130 valence electrons. The van der Waals surface area contributed by atoms with Crippen molar-refractivity contribution < 1.29 is 0 Å². The van der Waals surface area contributed by atoms with Crippen LogP contribution in [0.1, 0.15) is 16.7 Å². The lowest BCUT2D eigenvalue weighted by Crippen LogP contribution is -2.21. The lowest BCUT2D eigenvalue weighted by Gasteiger charge is -2.09. The molecule has 0 radical (unpaired) electrons. The molecule has 2 aromatic heterocycles. The number of nitrogens with zero attached hydrogens (tertiary/aromatic N) is 4. The molecule has 6 heteroatoms. The Morgan fingerprint density at radius 1 is 1.12 bits per heavy atom. The smallest absolute Gasteiger partial charge is 0.264 e. The van der Waals surface area contributed by atoms with E-state index in [-0.39, 0.29) is 5.56 Å². The minimum absolute atomic E-state index is 0.119. The fourth-order valence-corrected chi connectivity index (χ4v) is 3.33. The van der Waals surface area contributed by atoms with E-state index in [1.165, 1.54) is 5.56 Å². The summed E-state index contributed by atoms with van der Waals surface area (Å²) >= 11 is 6.03. The molecule has 0 aliphatic heterocycles. The Morgan fingerprint density at radius 2 is 1.96 bits per heavy atom. The second-order valence-corrected chi connectivity index (χ2v) is 6.83. The molecule has 0 bridgehead atoms. The van der Waals surface area contributed by atoms with Crippen molar-refractivity contribution in [3.8, 4) is 5.69 Å². The van der Waals surface area contributed by atoms with E-state index in [1.54, 1.807) is 21.8 Å². The molecule has 0 unspecified atom stereocenters. The predicted octanol–water partition coefficient (Wildman–Crippen LogP) is 3.90. The standard InChI is InChI=1S/C20H17ClN4O/c1-13-6-7-18(14(2)8-13)25-19-17(10-23-25)20(26)24(12-22-19)11-15-4-3-5-16(21)9-15/h3-10,12H,11H2,1-2H3. The van der Waals surface area contributed by atoms with Crippen molar-refractivity contribution in [3.05, 3.63) is 87.1 Å². The first-order valence-electron chi connectivity index (χ1n) is 8.28. The summed E-state index contributed by atoms with van der Waals surface area (Å²) in [5.41, 5.74) is 4.57. The van der Waals surface area contributed by atoms with Crippen molar-refractivity contribution in [2.24, 2.45) is 0 Å². The highest BCUT2D eigenvalue weighted by Gasteiger charge is 2.13. The van der Waals surface area contributed by atoms with Crippen LogP contribution in [-0.4, -0.2) is 19.3 Å². The van der Waals surface area contributed by atoms with Gasteiger partial charge in [0, 0.05) is 5.02 Å². The average molecular weight is 365 g/mol. The third-order valence-electron chi connectivity index (χ3n) is 4.38. The van der Waals surface area contributed by atoms with Gasteiger partial charge < -0.3 is 0 Å². The summed E-state index contributed by atoms with van der Waals surface area (Å²) in [6.45, 7) is 4.48. The largest absolute Gasteiger partial charge is 0.294 e. The third-order valence-corrected chi connectivity index (χ3v) is 4.61. The maximum atomic E-state index is 12.8. The zero-order valence-corrected chi connectivity index (χ0v) is 15.2. The second kappa shape index (κ2) is 6.42. The molecule has 4 aromatic rings. The van der Waals surface area contributed by atoms with E-state index in [9.17, 15) is 4.79 Å². The monoisotopic (exact) mass is 364 g/mol. The van der Waals surface area contributed by atoms with Crippen LogP contribution >= 0.6 is 11.6 Å². The van der Waals surface area contributed by atoms with Crippen molar-refractivity contribution in [1.29, 1.82) is 0 Å². The molecule has 0 saturated heterocycles. The van der Waals surface area contributed by atoms with Crippen LogP contribution in [0.4, 0.5) is 0 Å². The molecule has 5 nitrogen and oxygen atoms in total. The zero-order valence-electron chi connectivity index (χ0n) is 14.5. The van der Waals surface area contributed by atoms with Gasteiger partial charge in [0.05, 0.1) is 18.4 Å². The minimum atomic E-state index is -0.119. The lowest BCUT2D eigenvalue weighted by atomic mass is 10.1. The summed E-state index contributed by atoms with van der Waals surface area (Å²) in [5, 5.41) is 5.54. The van der Waals surface area contributed by atoms with E-state index in [0.29, 0.717) is 22.6 Å². The second-order valence-electron chi connectivity index (χ2n) is 6.39. The Kier molecular flexibility index (Phi) is 4.09. The summed E-state index contributed by atoms with van der Waals surface area (Å²) in [4.78, 5) is 17.3. The molecule has 0 atom stereocenters. The predicted molar refractivity (Wildman–Crippen MR) is 103 cm³/mol. The number of hydrogen-bond donors (Lipinski definition) is 0. The van der Waals surface area contributed by atoms with Crippen molar-refractivity contribution >= 4 is 22.6 Å². The molecule has 2 heterocycles. The Labute approximate surface area is 155 Å². The van der Waals surface area contributed by atoms with Crippen molar-refractivity contribution in [1.82, 2.24) is 19.3 Å². The summed E-state index contributed by atoms with van der Waals surface area (Å²) in [5.74, 6) is 0. The van der Waals surface area contributed by atoms with E-state index in [4.69, 9.17) is 11.6 Å². The van der Waals surface area contributed by atoms with E-state index >= 15 is 0 Å². The van der Waals surface area contributed by atoms with Crippen molar-refractivity contribution in [2.75, 3.05) is 0 Å². The molecule has 0 N–H and O–H groups in total. The lowest BCUT2D eigenvalue weighted by molar-refractivity contribution is 0.745. The first-order valence-corrected chi connectivity index (χ1v) is 8.66. The topological polar surface area (TPSA) is 52.7 Å². The summed E-state index contributed by atoms with van der Waals surface area (Å²) in [7, 11) is 0. The van der Waals surface area contributed by atoms with Crippen LogP contribution in [0.15, 0.2) is 59.8 Å². The molecular formula is C20H17ClN4O. The van der Waals surface area contributed by atoms with E-state index in [1.807, 2.05) is 50.2 Å². The number of fused-ring (bicyclic) bond motifs is 1. The van der Waals surface area contributed by atoms with Gasteiger partial charge in [-0.1, -0.05) is 41.4 Å². The number of aromatic nitrogens is 4. The van der Waals surface area contributed by atoms with Gasteiger partial charge in [0.25, 0.3) is 5.56 Å². The quantitative estimate of drug-likeness (QED) is 0.554. The summed E-state index contributed by atoms with van der Waals surface area (Å²) in [6, 6.07) is 13.6. The maximum absolute atomic E-state index is 12.8. The molecule has 0 aliphatic rings. The number of benzene rings is 2. The molecule has 2 aromatic carbocycles. The van der Waals surface area contributed by atoms with E-state index < -0.39 is 0 Å². The van der Waals surface area contributed by atoms with Gasteiger partial charge in [0.15, 0.2) is 5.65 Å². The maximum Gasteiger partial charge on any atom is 0.264 e. The fourth-order valence-electron chi connectivity index (χ4n) is 3.11. The van der Waals surface area contributed by atoms with Gasteiger partial charge in [-0.05, 0) is 43.2 Å². The van der Waals surface area contributed by atoms with Gasteiger partial charge in [-0.3, -0.25) is 9.36 Å². The van der Waals surface area contributed by atoms with Crippen LogP contribution in [-0.2, 0) is 6.54 Å². The zero-order chi connectivity index (χ0) is 18.3.